The van der Waals surface area contributed by atoms with Gasteiger partial charge in [-0.15, -0.1) is 0 Å². The molecule has 1 aromatic carbocycles. The molecule has 1 fully saturated rings. The molecule has 12 heteroatoms. The third kappa shape index (κ3) is 3.67. The van der Waals surface area contributed by atoms with E-state index >= 15 is 0 Å². The lowest BCUT2D eigenvalue weighted by Gasteiger charge is -2.24. The number of H-pyrrole nitrogens is 1. The first kappa shape index (κ1) is 22.8. The van der Waals surface area contributed by atoms with Crippen LogP contribution in [-0.4, -0.2) is 66.7 Å². The standard InChI is InChI=1S/C23H23N7O5/c24-10-23(18-6-5-16-21(26)28-11-29-30(16)18)20(32)19(31)17(35-23)9-34-22(33)14(25)7-12-8-27-15-4-2-1-3-13(12)15/h1-6,8,11,14,17,19-20,27,31-32H,7,9,25H2,(H2,26,28,29)/t14-,17-,19-,20-,23+/m1/s1. The van der Waals surface area contributed by atoms with E-state index in [0.717, 1.165) is 16.5 Å². The van der Waals surface area contributed by atoms with Crippen LogP contribution in [-0.2, 0) is 26.3 Å². The van der Waals surface area contributed by atoms with Crippen LogP contribution in [0.15, 0.2) is 48.9 Å². The number of aromatic nitrogens is 4. The van der Waals surface area contributed by atoms with Crippen molar-refractivity contribution in [2.45, 2.75) is 36.4 Å². The highest BCUT2D eigenvalue weighted by molar-refractivity contribution is 5.84. The van der Waals surface area contributed by atoms with Crippen molar-refractivity contribution in [3.8, 4) is 6.07 Å². The number of benzene rings is 1. The summed E-state index contributed by atoms with van der Waals surface area (Å²) in [4.78, 5) is 19.6. The second kappa shape index (κ2) is 8.64. The van der Waals surface area contributed by atoms with Gasteiger partial charge in [0.25, 0.3) is 0 Å². The summed E-state index contributed by atoms with van der Waals surface area (Å²) < 4.78 is 12.4. The van der Waals surface area contributed by atoms with Crippen molar-refractivity contribution in [1.82, 2.24) is 19.6 Å². The average Bonchev–Trinajstić information content (AvgIpc) is 3.55. The van der Waals surface area contributed by atoms with Crippen LogP contribution in [0, 0.1) is 11.3 Å². The highest BCUT2D eigenvalue weighted by Gasteiger charge is 2.57. The van der Waals surface area contributed by atoms with Crippen molar-refractivity contribution in [3.63, 3.8) is 0 Å². The molecule has 1 saturated heterocycles. The molecule has 12 nitrogen and oxygen atoms in total. The molecule has 35 heavy (non-hydrogen) atoms. The number of nitrogens with two attached hydrogens (primary N) is 2. The SMILES string of the molecule is N#C[C@@]1(c2ccc3c(N)ncnn23)O[C@H](COC(=O)[C@H](N)Cc2c[nH]c3ccccc23)[C@@H](O)[C@H]1O. The zero-order valence-electron chi connectivity index (χ0n) is 18.4. The monoisotopic (exact) mass is 477 g/mol. The molecule has 4 heterocycles. The van der Waals surface area contributed by atoms with Crippen LogP contribution in [0.1, 0.15) is 11.3 Å². The van der Waals surface area contributed by atoms with Gasteiger partial charge in [0.15, 0.2) is 5.82 Å². The van der Waals surface area contributed by atoms with E-state index in [9.17, 15) is 20.3 Å². The first-order valence-corrected chi connectivity index (χ1v) is 10.9. The fraction of sp³-hybridized carbons (Fsp3) is 0.304. The van der Waals surface area contributed by atoms with Crippen LogP contribution in [0.3, 0.4) is 0 Å². The molecule has 0 amide bonds. The molecule has 0 spiro atoms. The number of ether oxygens (including phenoxy) is 2. The highest BCUT2D eigenvalue weighted by Crippen LogP contribution is 2.40. The van der Waals surface area contributed by atoms with Crippen molar-refractivity contribution in [3.05, 3.63) is 60.2 Å². The van der Waals surface area contributed by atoms with Crippen molar-refractivity contribution in [1.29, 1.82) is 5.26 Å². The topological polar surface area (TPSA) is 198 Å². The Kier molecular flexibility index (Phi) is 5.62. The molecule has 0 radical (unpaired) electrons. The lowest BCUT2D eigenvalue weighted by Crippen LogP contribution is -2.41. The third-order valence-corrected chi connectivity index (χ3v) is 6.29. The molecule has 0 aliphatic carbocycles. The van der Waals surface area contributed by atoms with Gasteiger partial charge in [-0.1, -0.05) is 18.2 Å². The third-order valence-electron chi connectivity index (χ3n) is 6.29. The molecule has 5 rings (SSSR count). The number of rotatable bonds is 6. The van der Waals surface area contributed by atoms with Gasteiger partial charge >= 0.3 is 5.97 Å². The number of carbonyl (C=O) groups excluding carboxylic acids is 1. The van der Waals surface area contributed by atoms with E-state index in [1.54, 1.807) is 12.3 Å². The van der Waals surface area contributed by atoms with Crippen molar-refractivity contribution in [2.75, 3.05) is 12.3 Å². The Hall–Kier alpha value is -4.02. The summed E-state index contributed by atoms with van der Waals surface area (Å²) >= 11 is 0. The molecule has 1 aliphatic rings. The number of aromatic amines is 1. The summed E-state index contributed by atoms with van der Waals surface area (Å²) in [7, 11) is 0. The molecule has 0 saturated carbocycles. The lowest BCUT2D eigenvalue weighted by atomic mass is 9.92. The highest BCUT2D eigenvalue weighted by atomic mass is 16.6. The number of fused-ring (bicyclic) bond motifs is 2. The van der Waals surface area contributed by atoms with Gasteiger partial charge in [-0.3, -0.25) is 4.79 Å². The van der Waals surface area contributed by atoms with E-state index < -0.39 is 42.5 Å². The number of hydrogen-bond acceptors (Lipinski definition) is 10. The Labute approximate surface area is 198 Å². The number of anilines is 1. The summed E-state index contributed by atoms with van der Waals surface area (Å²) in [5.41, 5.74) is 12.3. The van der Waals surface area contributed by atoms with Gasteiger partial charge in [-0.25, -0.2) is 9.50 Å². The fourth-order valence-electron chi connectivity index (χ4n) is 4.44. The quantitative estimate of drug-likeness (QED) is 0.231. The number of aliphatic hydroxyl groups excluding tert-OH is 2. The first-order valence-electron chi connectivity index (χ1n) is 10.9. The fourth-order valence-corrected chi connectivity index (χ4v) is 4.44. The molecule has 3 aromatic heterocycles. The van der Waals surface area contributed by atoms with Gasteiger partial charge in [0.2, 0.25) is 5.60 Å². The number of esters is 1. The number of aliphatic hydroxyl groups is 2. The Morgan fingerprint density at radius 1 is 1.34 bits per heavy atom. The van der Waals surface area contributed by atoms with Crippen molar-refractivity contribution >= 4 is 28.2 Å². The van der Waals surface area contributed by atoms with Crippen LogP contribution in [0.2, 0.25) is 0 Å². The summed E-state index contributed by atoms with van der Waals surface area (Å²) in [5, 5.41) is 36.4. The van der Waals surface area contributed by atoms with Crippen molar-refractivity contribution in [2.24, 2.45) is 5.73 Å². The van der Waals surface area contributed by atoms with E-state index in [1.807, 2.05) is 30.3 Å². The largest absolute Gasteiger partial charge is 0.462 e. The summed E-state index contributed by atoms with van der Waals surface area (Å²) in [5.74, 6) is -0.536. The minimum absolute atomic E-state index is 0.153. The summed E-state index contributed by atoms with van der Waals surface area (Å²) in [6.07, 6.45) is -1.12. The maximum atomic E-state index is 12.6. The number of para-hydroxylation sites is 1. The van der Waals surface area contributed by atoms with E-state index in [-0.39, 0.29) is 17.9 Å². The Morgan fingerprint density at radius 3 is 2.94 bits per heavy atom. The Morgan fingerprint density at radius 2 is 2.14 bits per heavy atom. The number of hydrogen-bond donors (Lipinski definition) is 5. The number of nitrogens with one attached hydrogen (secondary N) is 1. The Bertz CT molecular complexity index is 1440. The second-order valence-corrected chi connectivity index (χ2v) is 8.40. The van der Waals surface area contributed by atoms with Gasteiger partial charge < -0.3 is 36.1 Å². The van der Waals surface area contributed by atoms with Gasteiger partial charge in [-0.05, 0) is 23.8 Å². The smallest absolute Gasteiger partial charge is 0.323 e. The maximum absolute atomic E-state index is 12.6. The van der Waals surface area contributed by atoms with Crippen LogP contribution < -0.4 is 11.5 Å². The van der Waals surface area contributed by atoms with Gasteiger partial charge in [0, 0.05) is 23.5 Å². The average molecular weight is 477 g/mol. The zero-order chi connectivity index (χ0) is 24.7. The Balaban J connectivity index is 1.30. The maximum Gasteiger partial charge on any atom is 0.323 e. The van der Waals surface area contributed by atoms with Crippen LogP contribution in [0.4, 0.5) is 5.82 Å². The predicted octanol–water partition coefficient (Wildman–Crippen LogP) is -0.255. The van der Waals surface area contributed by atoms with Gasteiger partial charge in [0.1, 0.15) is 48.9 Å². The number of nitrogens with zero attached hydrogens (tertiary/aromatic N) is 4. The number of carbonyl (C=O) groups is 1. The van der Waals surface area contributed by atoms with Crippen molar-refractivity contribution < 1.29 is 24.5 Å². The van der Waals surface area contributed by atoms with E-state index in [4.69, 9.17) is 20.9 Å². The first-order chi connectivity index (χ1) is 16.9. The van der Waals surface area contributed by atoms with Crippen LogP contribution in [0.5, 0.6) is 0 Å². The lowest BCUT2D eigenvalue weighted by molar-refractivity contribution is -0.152. The second-order valence-electron chi connectivity index (χ2n) is 8.40. The number of nitriles is 1. The number of nitrogen functional groups attached to an aromatic ring is 1. The van der Waals surface area contributed by atoms with Crippen LogP contribution in [0.25, 0.3) is 16.4 Å². The van der Waals surface area contributed by atoms with E-state index in [2.05, 4.69) is 15.1 Å². The molecule has 1 aliphatic heterocycles. The molecule has 180 valence electrons. The van der Waals surface area contributed by atoms with Gasteiger partial charge in [0.05, 0.1) is 5.69 Å². The molecule has 0 unspecified atom stereocenters. The molecule has 4 aromatic rings. The molecule has 7 N–H and O–H groups in total. The van der Waals surface area contributed by atoms with Gasteiger partial charge in [-0.2, -0.15) is 10.4 Å². The molecular formula is C23H23N7O5. The predicted molar refractivity (Wildman–Crippen MR) is 123 cm³/mol. The summed E-state index contributed by atoms with van der Waals surface area (Å²) in [6.45, 7) is -0.414. The molecule has 5 atom stereocenters. The summed E-state index contributed by atoms with van der Waals surface area (Å²) in [6, 6.07) is 11.7. The molecular weight excluding hydrogens is 454 g/mol. The normalized spacial score (nSPS) is 25.0. The minimum atomic E-state index is -1.98. The minimum Gasteiger partial charge on any atom is -0.462 e. The van der Waals surface area contributed by atoms with E-state index in [1.165, 1.54) is 16.9 Å². The zero-order valence-corrected chi connectivity index (χ0v) is 18.4. The molecule has 0 bridgehead atoms. The van der Waals surface area contributed by atoms with E-state index in [0.29, 0.717) is 5.52 Å². The van der Waals surface area contributed by atoms with Crippen LogP contribution >= 0.6 is 0 Å².